The molecule has 1 amide bonds. The van der Waals surface area contributed by atoms with Gasteiger partial charge in [0.2, 0.25) is 5.91 Å². The predicted octanol–water partition coefficient (Wildman–Crippen LogP) is -1.29. The van der Waals surface area contributed by atoms with Gasteiger partial charge in [0.1, 0.15) is 6.04 Å². The Morgan fingerprint density at radius 1 is 2.00 bits per heavy atom. The van der Waals surface area contributed by atoms with Gasteiger partial charge in [0.05, 0.1) is 0 Å². The van der Waals surface area contributed by atoms with Gasteiger partial charge in [-0.1, -0.05) is 0 Å². The van der Waals surface area contributed by atoms with Crippen LogP contribution in [-0.4, -0.2) is 25.2 Å². The van der Waals surface area contributed by atoms with Crippen molar-refractivity contribution < 1.29 is 4.79 Å². The van der Waals surface area contributed by atoms with E-state index in [4.69, 9.17) is 11.1 Å². The second-order valence-electron chi connectivity index (χ2n) is 1.31. The number of carbonyl (C=O) groups excluding carboxylic acids is 1. The summed E-state index contributed by atoms with van der Waals surface area (Å²) in [6, 6.07) is -0.792. The highest BCUT2D eigenvalue weighted by Crippen LogP contribution is 1.67. The molecule has 0 rings (SSSR count). The van der Waals surface area contributed by atoms with Crippen molar-refractivity contribution in [3.05, 3.63) is 0 Å². The van der Waals surface area contributed by atoms with E-state index in [1.807, 2.05) is 0 Å². The van der Waals surface area contributed by atoms with Crippen molar-refractivity contribution in [1.82, 2.24) is 5.32 Å². The molecular weight excluding hydrogens is 106 g/mol. The van der Waals surface area contributed by atoms with E-state index >= 15 is 0 Å². The smallest absolute Gasteiger partial charge is 0.242 e. The Labute approximate surface area is 47.6 Å². The zero-order valence-electron chi connectivity index (χ0n) is 4.64. The average molecular weight is 115 g/mol. The summed E-state index contributed by atoms with van der Waals surface area (Å²) in [5.74, 6) is -0.333. The number of nitrogens with two attached hydrogens (primary N) is 1. The Kier molecular flexibility index (Phi) is 2.79. The van der Waals surface area contributed by atoms with Gasteiger partial charge in [-0.15, -0.1) is 0 Å². The van der Waals surface area contributed by atoms with Gasteiger partial charge in [-0.3, -0.25) is 4.79 Å². The Morgan fingerprint density at radius 2 is 2.50 bits per heavy atom. The van der Waals surface area contributed by atoms with Crippen molar-refractivity contribution >= 4 is 12.1 Å². The summed E-state index contributed by atoms with van der Waals surface area (Å²) >= 11 is 0. The molecule has 0 aliphatic rings. The third kappa shape index (κ3) is 1.70. The number of likely N-dealkylation sites (N-methyl/N-ethyl adjacent to an activating group) is 1. The van der Waals surface area contributed by atoms with Crippen LogP contribution in [0.5, 0.6) is 0 Å². The maximum atomic E-state index is 10.4. The monoisotopic (exact) mass is 115 g/mol. The molecule has 0 unspecified atom stereocenters. The maximum absolute atomic E-state index is 10.4. The molecule has 0 aromatic carbocycles. The fraction of sp³-hybridized carbons (Fsp3) is 0.500. The Balaban J connectivity index is 3.62. The van der Waals surface area contributed by atoms with Gasteiger partial charge >= 0.3 is 0 Å². The molecule has 0 saturated carbocycles. The number of rotatable bonds is 2. The molecule has 0 aliphatic heterocycles. The first kappa shape index (κ1) is 7.10. The first-order valence-electron chi connectivity index (χ1n) is 2.20. The first-order valence-corrected chi connectivity index (χ1v) is 2.20. The van der Waals surface area contributed by atoms with E-state index in [1.54, 1.807) is 0 Å². The van der Waals surface area contributed by atoms with Crippen LogP contribution in [0.3, 0.4) is 0 Å². The van der Waals surface area contributed by atoms with Crippen molar-refractivity contribution in [3.63, 3.8) is 0 Å². The van der Waals surface area contributed by atoms with Crippen LogP contribution in [0.1, 0.15) is 0 Å². The van der Waals surface area contributed by atoms with Gasteiger partial charge < -0.3 is 16.5 Å². The van der Waals surface area contributed by atoms with E-state index in [1.165, 1.54) is 7.05 Å². The topological polar surface area (TPSA) is 79.0 Å². The fourth-order valence-corrected chi connectivity index (χ4v) is 0.242. The highest BCUT2D eigenvalue weighted by molar-refractivity contribution is 5.96. The summed E-state index contributed by atoms with van der Waals surface area (Å²) in [4.78, 5) is 10.4. The molecule has 0 aliphatic carbocycles. The van der Waals surface area contributed by atoms with Crippen molar-refractivity contribution in [2.75, 3.05) is 7.05 Å². The quantitative estimate of drug-likeness (QED) is 0.391. The van der Waals surface area contributed by atoms with Gasteiger partial charge in [0.25, 0.3) is 0 Å². The number of carbonyl (C=O) groups is 1. The molecule has 46 valence electrons. The molecule has 1 atom stereocenters. The van der Waals surface area contributed by atoms with Crippen molar-refractivity contribution in [2.24, 2.45) is 5.73 Å². The van der Waals surface area contributed by atoms with E-state index in [0.29, 0.717) is 0 Å². The van der Waals surface area contributed by atoms with E-state index in [9.17, 15) is 4.79 Å². The van der Waals surface area contributed by atoms with Crippen LogP contribution in [0.25, 0.3) is 0 Å². The molecular formula is C4H9N3O. The van der Waals surface area contributed by atoms with Gasteiger partial charge in [-0.2, -0.15) is 0 Å². The summed E-state index contributed by atoms with van der Waals surface area (Å²) in [5, 5.41) is 8.83. The lowest BCUT2D eigenvalue weighted by Gasteiger charge is -1.99. The standard InChI is InChI=1S/C4H9N3O/c1-7-4(8)3(6)2-5/h2-3,5H,6H2,1H3,(H,7,8)/t3-/m1/s1. The van der Waals surface area contributed by atoms with Crippen LogP contribution in [0, 0.1) is 5.41 Å². The third-order valence-corrected chi connectivity index (χ3v) is 0.729. The molecule has 4 heteroatoms. The van der Waals surface area contributed by atoms with E-state index < -0.39 is 6.04 Å². The number of hydrogen-bond acceptors (Lipinski definition) is 3. The van der Waals surface area contributed by atoms with Crippen LogP contribution in [-0.2, 0) is 4.79 Å². The van der Waals surface area contributed by atoms with Crippen molar-refractivity contribution in [1.29, 1.82) is 5.41 Å². The molecule has 0 spiro atoms. The highest BCUT2D eigenvalue weighted by Gasteiger charge is 2.04. The minimum Gasteiger partial charge on any atom is -0.357 e. The van der Waals surface area contributed by atoms with Gasteiger partial charge in [-0.05, 0) is 0 Å². The van der Waals surface area contributed by atoms with E-state index in [0.717, 1.165) is 6.21 Å². The SMILES string of the molecule is CNC(=O)[C@H](N)C=N. The lowest BCUT2D eigenvalue weighted by molar-refractivity contribution is -0.120. The zero-order valence-corrected chi connectivity index (χ0v) is 4.64. The molecule has 0 bridgehead atoms. The largest absolute Gasteiger partial charge is 0.357 e. The lowest BCUT2D eigenvalue weighted by atomic mass is 10.3. The van der Waals surface area contributed by atoms with Crippen LogP contribution in [0.2, 0.25) is 0 Å². The first-order chi connectivity index (χ1) is 3.72. The minimum absolute atomic E-state index is 0.333. The van der Waals surface area contributed by atoms with Gasteiger partial charge in [0.15, 0.2) is 0 Å². The van der Waals surface area contributed by atoms with Crippen LogP contribution < -0.4 is 11.1 Å². The van der Waals surface area contributed by atoms with Gasteiger partial charge in [0, 0.05) is 13.3 Å². The van der Waals surface area contributed by atoms with Crippen LogP contribution in [0.15, 0.2) is 0 Å². The second-order valence-corrected chi connectivity index (χ2v) is 1.31. The van der Waals surface area contributed by atoms with E-state index in [-0.39, 0.29) is 5.91 Å². The van der Waals surface area contributed by atoms with Gasteiger partial charge in [-0.25, -0.2) is 0 Å². The Morgan fingerprint density at radius 3 is 2.62 bits per heavy atom. The van der Waals surface area contributed by atoms with Crippen molar-refractivity contribution in [3.8, 4) is 0 Å². The predicted molar refractivity (Wildman–Crippen MR) is 30.8 cm³/mol. The molecule has 0 aromatic heterocycles. The summed E-state index contributed by atoms with van der Waals surface area (Å²) in [6.07, 6.45) is 0.888. The molecule has 0 fully saturated rings. The normalized spacial score (nSPS) is 12.2. The van der Waals surface area contributed by atoms with Crippen LogP contribution in [0.4, 0.5) is 0 Å². The molecule has 4 N–H and O–H groups in total. The average Bonchev–Trinajstić information content (AvgIpc) is 1.84. The Bertz CT molecular complexity index is 101. The molecule has 0 radical (unpaired) electrons. The molecule has 4 nitrogen and oxygen atoms in total. The molecule has 0 heterocycles. The number of nitrogens with one attached hydrogen (secondary N) is 2. The summed E-state index contributed by atoms with van der Waals surface area (Å²) in [7, 11) is 1.48. The lowest BCUT2D eigenvalue weighted by Crippen LogP contribution is -2.39. The highest BCUT2D eigenvalue weighted by atomic mass is 16.2. The summed E-state index contributed by atoms with van der Waals surface area (Å²) < 4.78 is 0. The summed E-state index contributed by atoms with van der Waals surface area (Å²) in [5.41, 5.74) is 5.07. The Hall–Kier alpha value is -0.900. The second kappa shape index (κ2) is 3.15. The van der Waals surface area contributed by atoms with Crippen molar-refractivity contribution in [2.45, 2.75) is 6.04 Å². The number of hydrogen-bond donors (Lipinski definition) is 3. The maximum Gasteiger partial charge on any atom is 0.242 e. The fourth-order valence-electron chi connectivity index (χ4n) is 0.242. The van der Waals surface area contributed by atoms with Crippen LogP contribution >= 0.6 is 0 Å². The minimum atomic E-state index is -0.792. The molecule has 0 aromatic rings. The van der Waals surface area contributed by atoms with E-state index in [2.05, 4.69) is 5.32 Å². The molecule has 0 saturated heterocycles. The zero-order chi connectivity index (χ0) is 6.57. The molecule has 8 heavy (non-hydrogen) atoms. The third-order valence-electron chi connectivity index (χ3n) is 0.729. The number of amides is 1. The summed E-state index contributed by atoms with van der Waals surface area (Å²) in [6.45, 7) is 0.